The van der Waals surface area contributed by atoms with E-state index in [0.29, 0.717) is 19.6 Å². The lowest BCUT2D eigenvalue weighted by Crippen LogP contribution is -2.20. The molecule has 0 spiro atoms. The van der Waals surface area contributed by atoms with Crippen molar-refractivity contribution in [1.29, 1.82) is 0 Å². The summed E-state index contributed by atoms with van der Waals surface area (Å²) >= 11 is 0. The summed E-state index contributed by atoms with van der Waals surface area (Å²) in [6.07, 6.45) is 0.991. The zero-order chi connectivity index (χ0) is 12.1. The minimum absolute atomic E-state index is 0.0408. The number of ether oxygens (including phenoxy) is 3. The molecule has 2 rings (SSSR count). The lowest BCUT2D eigenvalue weighted by Gasteiger charge is -2.20. The van der Waals surface area contributed by atoms with E-state index in [1.54, 1.807) is 7.11 Å². The smallest absolute Gasteiger partial charge is 0.164 e. The van der Waals surface area contributed by atoms with Gasteiger partial charge in [-0.25, -0.2) is 0 Å². The van der Waals surface area contributed by atoms with Crippen molar-refractivity contribution >= 4 is 6.29 Å². The number of carbonyl (C=O) groups excluding carboxylic acids is 1. The zero-order valence-electron chi connectivity index (χ0n) is 9.80. The van der Waals surface area contributed by atoms with Crippen molar-refractivity contribution in [3.8, 4) is 5.75 Å². The van der Waals surface area contributed by atoms with Crippen molar-refractivity contribution in [1.82, 2.24) is 0 Å². The topological polar surface area (TPSA) is 44.8 Å². The first-order valence-electron chi connectivity index (χ1n) is 5.66. The van der Waals surface area contributed by atoms with Crippen molar-refractivity contribution in [3.05, 3.63) is 29.8 Å². The van der Waals surface area contributed by atoms with Crippen molar-refractivity contribution in [3.63, 3.8) is 0 Å². The molecule has 92 valence electrons. The Bertz CT molecular complexity index is 354. The molecule has 0 aromatic heterocycles. The highest BCUT2D eigenvalue weighted by Gasteiger charge is 2.27. The van der Waals surface area contributed by atoms with Gasteiger partial charge in [0.05, 0.1) is 20.3 Å². The molecule has 17 heavy (non-hydrogen) atoms. The quantitative estimate of drug-likeness (QED) is 0.730. The van der Waals surface area contributed by atoms with Gasteiger partial charge in [-0.3, -0.25) is 0 Å². The highest BCUT2D eigenvalue weighted by atomic mass is 16.7. The molecule has 1 aromatic carbocycles. The molecule has 0 amide bonds. The second kappa shape index (κ2) is 5.80. The Morgan fingerprint density at radius 3 is 2.53 bits per heavy atom. The fourth-order valence-corrected chi connectivity index (χ4v) is 1.97. The zero-order valence-corrected chi connectivity index (χ0v) is 9.80. The second-order valence-electron chi connectivity index (χ2n) is 3.89. The van der Waals surface area contributed by atoms with Gasteiger partial charge in [-0.1, -0.05) is 12.1 Å². The number of hydrogen-bond acceptors (Lipinski definition) is 4. The van der Waals surface area contributed by atoms with Crippen LogP contribution in [0.5, 0.6) is 5.75 Å². The Morgan fingerprint density at radius 1 is 1.35 bits per heavy atom. The van der Waals surface area contributed by atoms with Gasteiger partial charge < -0.3 is 19.0 Å². The molecule has 0 radical (unpaired) electrons. The van der Waals surface area contributed by atoms with Gasteiger partial charge in [-0.15, -0.1) is 0 Å². The van der Waals surface area contributed by atoms with Crippen LogP contribution in [-0.2, 0) is 14.3 Å². The van der Waals surface area contributed by atoms with Crippen LogP contribution in [0.15, 0.2) is 24.3 Å². The maximum Gasteiger partial charge on any atom is 0.164 e. The van der Waals surface area contributed by atoms with Crippen LogP contribution in [-0.4, -0.2) is 32.9 Å². The van der Waals surface area contributed by atoms with Crippen LogP contribution < -0.4 is 4.74 Å². The van der Waals surface area contributed by atoms with Crippen LogP contribution in [0.3, 0.4) is 0 Å². The summed E-state index contributed by atoms with van der Waals surface area (Å²) in [7, 11) is 1.63. The predicted molar refractivity (Wildman–Crippen MR) is 62.1 cm³/mol. The standard InChI is InChI=1S/C13H16O4/c1-15-11-4-2-10(3-5-11)12(6-7-14)13-16-8-9-17-13/h2-5,7,12-13H,6,8-9H2,1H3. The molecule has 1 unspecified atom stereocenters. The number of carbonyl (C=O) groups is 1. The van der Waals surface area contributed by atoms with E-state index in [2.05, 4.69) is 0 Å². The molecule has 1 heterocycles. The maximum absolute atomic E-state index is 10.7. The van der Waals surface area contributed by atoms with E-state index < -0.39 is 0 Å². The fourth-order valence-electron chi connectivity index (χ4n) is 1.97. The van der Waals surface area contributed by atoms with Gasteiger partial charge in [0.2, 0.25) is 0 Å². The fraction of sp³-hybridized carbons (Fsp3) is 0.462. The SMILES string of the molecule is COc1ccc(C(CC=O)C2OCCO2)cc1. The van der Waals surface area contributed by atoms with Crippen LogP contribution >= 0.6 is 0 Å². The number of hydrogen-bond donors (Lipinski definition) is 0. The first-order chi connectivity index (χ1) is 8.35. The first kappa shape index (κ1) is 12.1. The third-order valence-electron chi connectivity index (χ3n) is 2.87. The Labute approximate surface area is 100 Å². The molecular weight excluding hydrogens is 220 g/mol. The predicted octanol–water partition coefficient (Wildman–Crippen LogP) is 1.74. The Hall–Kier alpha value is -1.39. The van der Waals surface area contributed by atoms with Gasteiger partial charge in [0.15, 0.2) is 6.29 Å². The summed E-state index contributed by atoms with van der Waals surface area (Å²) in [5, 5.41) is 0. The van der Waals surface area contributed by atoms with Gasteiger partial charge >= 0.3 is 0 Å². The van der Waals surface area contributed by atoms with Gasteiger partial charge in [-0.2, -0.15) is 0 Å². The van der Waals surface area contributed by atoms with Crippen LogP contribution in [0.1, 0.15) is 17.9 Å². The van der Waals surface area contributed by atoms with Crippen molar-refractivity contribution in [2.75, 3.05) is 20.3 Å². The van der Waals surface area contributed by atoms with E-state index in [0.717, 1.165) is 17.6 Å². The summed E-state index contributed by atoms with van der Waals surface area (Å²) in [6, 6.07) is 7.64. The van der Waals surface area contributed by atoms with Crippen molar-refractivity contribution in [2.24, 2.45) is 0 Å². The molecule has 4 heteroatoms. The van der Waals surface area contributed by atoms with E-state index in [4.69, 9.17) is 14.2 Å². The maximum atomic E-state index is 10.7. The van der Waals surface area contributed by atoms with Gasteiger partial charge in [-0.05, 0) is 17.7 Å². The monoisotopic (exact) mass is 236 g/mol. The first-order valence-corrected chi connectivity index (χ1v) is 5.66. The molecule has 1 aliphatic heterocycles. The van der Waals surface area contributed by atoms with Crippen LogP contribution in [0.2, 0.25) is 0 Å². The third kappa shape index (κ3) is 2.84. The van der Waals surface area contributed by atoms with Crippen molar-refractivity contribution < 1.29 is 19.0 Å². The lowest BCUT2D eigenvalue weighted by atomic mass is 9.95. The highest BCUT2D eigenvalue weighted by Crippen LogP contribution is 2.29. The third-order valence-corrected chi connectivity index (χ3v) is 2.87. The van der Waals surface area contributed by atoms with Crippen LogP contribution in [0.4, 0.5) is 0 Å². The molecule has 0 saturated carbocycles. The van der Waals surface area contributed by atoms with E-state index in [1.165, 1.54) is 0 Å². The summed E-state index contributed by atoms with van der Waals surface area (Å²) in [5.74, 6) is 0.757. The minimum atomic E-state index is -0.311. The van der Waals surface area contributed by atoms with E-state index in [1.807, 2.05) is 24.3 Å². The van der Waals surface area contributed by atoms with Gasteiger partial charge in [0, 0.05) is 12.3 Å². The Kier molecular flexibility index (Phi) is 4.12. The molecular formula is C13H16O4. The number of aldehydes is 1. The van der Waals surface area contributed by atoms with E-state index in [9.17, 15) is 4.79 Å². The van der Waals surface area contributed by atoms with Crippen LogP contribution in [0.25, 0.3) is 0 Å². The molecule has 1 atom stereocenters. The van der Waals surface area contributed by atoms with E-state index in [-0.39, 0.29) is 12.2 Å². The summed E-state index contributed by atoms with van der Waals surface area (Å²) in [5.41, 5.74) is 1.03. The molecule has 0 bridgehead atoms. The van der Waals surface area contributed by atoms with Crippen LogP contribution in [0, 0.1) is 0 Å². The molecule has 1 aromatic rings. The molecule has 1 aliphatic rings. The number of rotatable bonds is 5. The van der Waals surface area contributed by atoms with Crippen molar-refractivity contribution in [2.45, 2.75) is 18.6 Å². The molecule has 1 fully saturated rings. The summed E-state index contributed by atoms with van der Waals surface area (Å²) < 4.78 is 16.0. The second-order valence-corrected chi connectivity index (χ2v) is 3.89. The highest BCUT2D eigenvalue weighted by molar-refractivity contribution is 5.52. The number of benzene rings is 1. The number of methoxy groups -OCH3 is 1. The van der Waals surface area contributed by atoms with E-state index >= 15 is 0 Å². The summed E-state index contributed by atoms with van der Waals surface area (Å²) in [4.78, 5) is 10.7. The molecule has 4 nitrogen and oxygen atoms in total. The Morgan fingerprint density at radius 2 is 2.00 bits per heavy atom. The molecule has 0 aliphatic carbocycles. The average Bonchev–Trinajstić information content (AvgIpc) is 2.90. The lowest BCUT2D eigenvalue weighted by molar-refractivity contribution is -0.111. The van der Waals surface area contributed by atoms with Gasteiger partial charge in [0.1, 0.15) is 12.0 Å². The minimum Gasteiger partial charge on any atom is -0.497 e. The molecule has 0 N–H and O–H groups in total. The average molecular weight is 236 g/mol. The largest absolute Gasteiger partial charge is 0.497 e. The van der Waals surface area contributed by atoms with Gasteiger partial charge in [0.25, 0.3) is 0 Å². The normalized spacial score (nSPS) is 17.9. The molecule has 1 saturated heterocycles. The Balaban J connectivity index is 2.15. The summed E-state index contributed by atoms with van der Waals surface area (Å²) in [6.45, 7) is 1.19.